The van der Waals surface area contributed by atoms with Crippen molar-refractivity contribution in [3.05, 3.63) is 40.3 Å². The van der Waals surface area contributed by atoms with E-state index in [9.17, 15) is 0 Å². The van der Waals surface area contributed by atoms with Crippen molar-refractivity contribution in [3.63, 3.8) is 0 Å². The van der Waals surface area contributed by atoms with Crippen LogP contribution in [0.3, 0.4) is 0 Å². The van der Waals surface area contributed by atoms with Crippen molar-refractivity contribution in [1.82, 2.24) is 9.78 Å². The molecule has 2 N–H and O–H groups in total. The number of nitrogens with two attached hydrogens (primary N) is 1. The average Bonchev–Trinajstić information content (AvgIpc) is 2.96. The molecule has 98 valence electrons. The summed E-state index contributed by atoms with van der Waals surface area (Å²) in [6.45, 7) is 2.65. The van der Waals surface area contributed by atoms with Gasteiger partial charge in [-0.1, -0.05) is 6.07 Å². The molecule has 0 bridgehead atoms. The van der Waals surface area contributed by atoms with Gasteiger partial charge in [0, 0.05) is 30.8 Å². The van der Waals surface area contributed by atoms with Crippen LogP contribution in [-0.2, 0) is 11.8 Å². The zero-order chi connectivity index (χ0) is 13.0. The Hall–Kier alpha value is -1.17. The first-order valence-electron chi connectivity index (χ1n) is 6.07. The van der Waals surface area contributed by atoms with Gasteiger partial charge in [-0.15, -0.1) is 11.3 Å². The van der Waals surface area contributed by atoms with Gasteiger partial charge in [-0.2, -0.15) is 5.10 Å². The number of rotatable bonds is 6. The van der Waals surface area contributed by atoms with Crippen molar-refractivity contribution in [2.24, 2.45) is 12.8 Å². The second kappa shape index (κ2) is 6.13. The fraction of sp³-hybridized carbons (Fsp3) is 0.462. The van der Waals surface area contributed by atoms with E-state index >= 15 is 0 Å². The highest BCUT2D eigenvalue weighted by atomic mass is 32.1. The predicted octanol–water partition coefficient (Wildman–Crippen LogP) is 2.32. The van der Waals surface area contributed by atoms with Crippen LogP contribution in [0.15, 0.2) is 29.8 Å². The van der Waals surface area contributed by atoms with Gasteiger partial charge in [0.25, 0.3) is 0 Å². The third kappa shape index (κ3) is 3.19. The van der Waals surface area contributed by atoms with Gasteiger partial charge in [0.15, 0.2) is 0 Å². The first-order valence-corrected chi connectivity index (χ1v) is 6.95. The molecule has 0 saturated carbocycles. The third-order valence-electron chi connectivity index (χ3n) is 2.79. The fourth-order valence-corrected chi connectivity index (χ4v) is 2.55. The summed E-state index contributed by atoms with van der Waals surface area (Å²) in [5, 5.41) is 6.27. The van der Waals surface area contributed by atoms with Crippen molar-refractivity contribution in [3.8, 4) is 0 Å². The van der Waals surface area contributed by atoms with E-state index in [1.807, 2.05) is 30.8 Å². The molecule has 4 nitrogen and oxygen atoms in total. The molecule has 0 spiro atoms. The van der Waals surface area contributed by atoms with Crippen LogP contribution in [0.4, 0.5) is 0 Å². The molecule has 2 atom stereocenters. The molecular formula is C13H19N3OS. The number of aromatic nitrogens is 2. The molecule has 2 aromatic rings. The summed E-state index contributed by atoms with van der Waals surface area (Å²) in [6.07, 6.45) is 2.61. The highest BCUT2D eigenvalue weighted by Gasteiger charge is 2.19. The molecule has 0 aliphatic carbocycles. The van der Waals surface area contributed by atoms with Crippen molar-refractivity contribution >= 4 is 11.3 Å². The van der Waals surface area contributed by atoms with Gasteiger partial charge in [-0.3, -0.25) is 4.68 Å². The minimum absolute atomic E-state index is 0.0451. The SMILES string of the molecule is CC(N)CCOC(c1cccs1)c1ccnn1C. The van der Waals surface area contributed by atoms with Crippen LogP contribution in [-0.4, -0.2) is 22.4 Å². The molecule has 0 saturated heterocycles. The lowest BCUT2D eigenvalue weighted by atomic mass is 10.2. The van der Waals surface area contributed by atoms with Gasteiger partial charge >= 0.3 is 0 Å². The van der Waals surface area contributed by atoms with Crippen molar-refractivity contribution in [2.45, 2.75) is 25.5 Å². The van der Waals surface area contributed by atoms with E-state index in [-0.39, 0.29) is 12.1 Å². The first kappa shape index (κ1) is 13.3. The summed E-state index contributed by atoms with van der Waals surface area (Å²) in [5.74, 6) is 0. The summed E-state index contributed by atoms with van der Waals surface area (Å²) >= 11 is 1.70. The van der Waals surface area contributed by atoms with Crippen molar-refractivity contribution in [1.29, 1.82) is 0 Å². The zero-order valence-corrected chi connectivity index (χ0v) is 11.6. The maximum absolute atomic E-state index is 5.99. The number of nitrogens with zero attached hydrogens (tertiary/aromatic N) is 2. The van der Waals surface area contributed by atoms with Gasteiger partial charge in [0.2, 0.25) is 0 Å². The lowest BCUT2D eigenvalue weighted by Gasteiger charge is -2.17. The van der Waals surface area contributed by atoms with Crippen molar-refractivity contribution in [2.75, 3.05) is 6.61 Å². The van der Waals surface area contributed by atoms with Gasteiger partial charge in [0.1, 0.15) is 6.10 Å². The molecule has 2 heterocycles. The third-order valence-corrected chi connectivity index (χ3v) is 3.70. The number of thiophene rings is 1. The van der Waals surface area contributed by atoms with Crippen LogP contribution < -0.4 is 5.73 Å². The van der Waals surface area contributed by atoms with E-state index in [1.165, 1.54) is 4.88 Å². The van der Waals surface area contributed by atoms with E-state index in [0.29, 0.717) is 6.61 Å². The van der Waals surface area contributed by atoms with Gasteiger partial charge in [-0.25, -0.2) is 0 Å². The highest BCUT2D eigenvalue weighted by Crippen LogP contribution is 2.29. The second-order valence-electron chi connectivity index (χ2n) is 4.41. The Morgan fingerprint density at radius 1 is 1.50 bits per heavy atom. The van der Waals surface area contributed by atoms with E-state index < -0.39 is 0 Å². The number of hydrogen-bond donors (Lipinski definition) is 1. The Balaban J connectivity index is 2.12. The van der Waals surface area contributed by atoms with Crippen LogP contribution >= 0.6 is 11.3 Å². The number of aryl methyl sites for hydroxylation is 1. The molecule has 0 radical (unpaired) electrons. The Kier molecular flexibility index (Phi) is 4.52. The molecule has 0 aromatic carbocycles. The molecular weight excluding hydrogens is 246 g/mol. The van der Waals surface area contributed by atoms with E-state index in [4.69, 9.17) is 10.5 Å². The molecule has 2 aromatic heterocycles. The van der Waals surface area contributed by atoms with Gasteiger partial charge < -0.3 is 10.5 Å². The Morgan fingerprint density at radius 3 is 2.89 bits per heavy atom. The monoisotopic (exact) mass is 265 g/mol. The second-order valence-corrected chi connectivity index (χ2v) is 5.39. The molecule has 0 aliphatic rings. The summed E-state index contributed by atoms with van der Waals surface area (Å²) in [6, 6.07) is 6.29. The van der Waals surface area contributed by atoms with Crippen molar-refractivity contribution < 1.29 is 4.74 Å². The maximum atomic E-state index is 5.99. The minimum Gasteiger partial charge on any atom is -0.366 e. The predicted molar refractivity (Wildman–Crippen MR) is 73.6 cm³/mol. The van der Waals surface area contributed by atoms with Crippen LogP contribution in [0.2, 0.25) is 0 Å². The lowest BCUT2D eigenvalue weighted by molar-refractivity contribution is 0.0726. The summed E-state index contributed by atoms with van der Waals surface area (Å²) in [5.41, 5.74) is 6.82. The number of ether oxygens (including phenoxy) is 1. The Bertz CT molecular complexity index is 464. The molecule has 2 unspecified atom stereocenters. The normalized spacial score (nSPS) is 14.6. The average molecular weight is 265 g/mol. The molecule has 5 heteroatoms. The molecule has 0 aliphatic heterocycles. The van der Waals surface area contributed by atoms with Crippen LogP contribution in [0.25, 0.3) is 0 Å². The maximum Gasteiger partial charge on any atom is 0.133 e. The molecule has 0 fully saturated rings. The van der Waals surface area contributed by atoms with Crippen LogP contribution in [0, 0.1) is 0 Å². The first-order chi connectivity index (χ1) is 8.68. The van der Waals surface area contributed by atoms with E-state index in [2.05, 4.69) is 16.5 Å². The molecule has 18 heavy (non-hydrogen) atoms. The highest BCUT2D eigenvalue weighted by molar-refractivity contribution is 7.10. The van der Waals surface area contributed by atoms with E-state index in [0.717, 1.165) is 12.1 Å². The smallest absolute Gasteiger partial charge is 0.133 e. The molecule has 2 rings (SSSR count). The Labute approximate surface area is 111 Å². The fourth-order valence-electron chi connectivity index (χ4n) is 1.77. The summed E-state index contributed by atoms with van der Waals surface area (Å²) in [7, 11) is 1.94. The topological polar surface area (TPSA) is 53.1 Å². The van der Waals surface area contributed by atoms with Crippen LogP contribution in [0.5, 0.6) is 0 Å². The summed E-state index contributed by atoms with van der Waals surface area (Å²) < 4.78 is 7.85. The quantitative estimate of drug-likeness (QED) is 0.872. The summed E-state index contributed by atoms with van der Waals surface area (Å²) in [4.78, 5) is 1.20. The zero-order valence-electron chi connectivity index (χ0n) is 10.7. The lowest BCUT2D eigenvalue weighted by Crippen LogP contribution is -2.19. The molecule has 0 amide bonds. The Morgan fingerprint density at radius 2 is 2.33 bits per heavy atom. The standard InChI is InChI=1S/C13H19N3OS/c1-10(14)6-8-17-13(12-4-3-9-18-12)11-5-7-15-16(11)2/h3-5,7,9-10,13H,6,8,14H2,1-2H3. The van der Waals surface area contributed by atoms with E-state index in [1.54, 1.807) is 17.5 Å². The van der Waals surface area contributed by atoms with Crippen LogP contribution in [0.1, 0.15) is 30.0 Å². The minimum atomic E-state index is -0.0451. The number of hydrogen-bond acceptors (Lipinski definition) is 4. The largest absolute Gasteiger partial charge is 0.366 e. The van der Waals surface area contributed by atoms with Gasteiger partial charge in [0.05, 0.1) is 5.69 Å². The van der Waals surface area contributed by atoms with Gasteiger partial charge in [-0.05, 0) is 30.9 Å².